The zero-order valence-electron chi connectivity index (χ0n) is 13.0. The van der Waals surface area contributed by atoms with Crippen molar-refractivity contribution in [3.05, 3.63) is 29.3 Å². The summed E-state index contributed by atoms with van der Waals surface area (Å²) in [6, 6.07) is 6.79. The molecule has 0 amide bonds. The van der Waals surface area contributed by atoms with E-state index in [1.54, 1.807) is 18.2 Å². The van der Waals surface area contributed by atoms with Crippen molar-refractivity contribution in [2.45, 2.75) is 42.6 Å². The second-order valence-electron chi connectivity index (χ2n) is 6.32. The van der Waals surface area contributed by atoms with Crippen LogP contribution in [0, 0.1) is 17.2 Å². The van der Waals surface area contributed by atoms with Crippen molar-refractivity contribution in [2.24, 2.45) is 5.92 Å². The second-order valence-corrected chi connectivity index (χ2v) is 8.83. The lowest BCUT2D eigenvalue weighted by Crippen LogP contribution is -2.45. The molecule has 2 atom stereocenters. The van der Waals surface area contributed by atoms with E-state index in [4.69, 9.17) is 10.00 Å². The van der Waals surface area contributed by atoms with Crippen LogP contribution in [0.3, 0.4) is 0 Å². The molecule has 2 saturated heterocycles. The van der Waals surface area contributed by atoms with Gasteiger partial charge in [-0.05, 0) is 43.9 Å². The third-order valence-corrected chi connectivity index (χ3v) is 7.76. The standard InChI is InChI=1S/C17H19NO4S/c1-22-16-6-5-11(10-18)7-15(16)17(19)12-8-13-3-2-4-14(9-12)23(13,20)21/h5-7,12-14H,2-4,8-9H2,1H3. The van der Waals surface area contributed by atoms with E-state index >= 15 is 0 Å². The summed E-state index contributed by atoms with van der Waals surface area (Å²) in [4.78, 5) is 12.9. The molecule has 0 aromatic heterocycles. The number of nitrogens with zero attached hydrogens (tertiary/aromatic N) is 1. The molecular formula is C17H19NO4S. The third kappa shape index (κ3) is 2.74. The molecule has 6 heteroatoms. The number of benzene rings is 1. The van der Waals surface area contributed by atoms with Gasteiger partial charge >= 0.3 is 0 Å². The van der Waals surface area contributed by atoms with E-state index in [9.17, 15) is 13.2 Å². The largest absolute Gasteiger partial charge is 0.496 e. The Hall–Kier alpha value is -1.87. The average Bonchev–Trinajstić information content (AvgIpc) is 2.52. The quantitative estimate of drug-likeness (QED) is 0.794. The van der Waals surface area contributed by atoms with Crippen LogP contribution in [0.2, 0.25) is 0 Å². The molecule has 1 aromatic rings. The molecule has 2 aliphatic heterocycles. The fourth-order valence-corrected chi connectivity index (χ4v) is 6.35. The highest BCUT2D eigenvalue weighted by Crippen LogP contribution is 2.41. The number of ketones is 1. The Morgan fingerprint density at radius 2 is 1.91 bits per heavy atom. The summed E-state index contributed by atoms with van der Waals surface area (Å²) < 4.78 is 29.9. The zero-order chi connectivity index (χ0) is 16.6. The molecule has 0 spiro atoms. The number of ether oxygens (including phenoxy) is 1. The maximum atomic E-state index is 12.9. The second kappa shape index (κ2) is 5.97. The van der Waals surface area contributed by atoms with Gasteiger partial charge in [-0.25, -0.2) is 8.42 Å². The van der Waals surface area contributed by atoms with Gasteiger partial charge in [-0.2, -0.15) is 5.26 Å². The molecule has 0 N–H and O–H groups in total. The molecule has 2 unspecified atom stereocenters. The molecule has 5 nitrogen and oxygen atoms in total. The number of hydrogen-bond acceptors (Lipinski definition) is 5. The van der Waals surface area contributed by atoms with Gasteiger partial charge in [-0.1, -0.05) is 6.42 Å². The molecule has 2 heterocycles. The first-order chi connectivity index (χ1) is 11.0. The van der Waals surface area contributed by atoms with Crippen LogP contribution in [0.4, 0.5) is 0 Å². The summed E-state index contributed by atoms with van der Waals surface area (Å²) in [6.45, 7) is 0. The lowest BCUT2D eigenvalue weighted by molar-refractivity contribution is 0.0891. The van der Waals surface area contributed by atoms with Gasteiger partial charge in [0.1, 0.15) is 5.75 Å². The molecule has 0 saturated carbocycles. The molecule has 0 radical (unpaired) electrons. The van der Waals surface area contributed by atoms with Crippen molar-refractivity contribution in [2.75, 3.05) is 7.11 Å². The summed E-state index contributed by atoms with van der Waals surface area (Å²) in [6.07, 6.45) is 2.99. The molecule has 23 heavy (non-hydrogen) atoms. The number of sulfone groups is 1. The van der Waals surface area contributed by atoms with Crippen molar-refractivity contribution < 1.29 is 17.9 Å². The molecular weight excluding hydrogens is 314 g/mol. The normalized spacial score (nSPS) is 28.6. The van der Waals surface area contributed by atoms with Gasteiger partial charge in [-0.15, -0.1) is 0 Å². The number of carbonyl (C=O) groups excluding carboxylic acids is 1. The fourth-order valence-electron chi connectivity index (χ4n) is 3.81. The van der Waals surface area contributed by atoms with Gasteiger partial charge < -0.3 is 4.74 Å². The maximum absolute atomic E-state index is 12.9. The topological polar surface area (TPSA) is 84.2 Å². The Morgan fingerprint density at radius 1 is 1.26 bits per heavy atom. The van der Waals surface area contributed by atoms with E-state index in [1.807, 2.05) is 6.07 Å². The molecule has 2 fully saturated rings. The van der Waals surface area contributed by atoms with E-state index in [0.29, 0.717) is 42.6 Å². The Kier molecular flexibility index (Phi) is 4.15. The Morgan fingerprint density at radius 3 is 2.48 bits per heavy atom. The van der Waals surface area contributed by atoms with Crippen molar-refractivity contribution >= 4 is 15.6 Å². The minimum atomic E-state index is -3.08. The van der Waals surface area contributed by atoms with Crippen LogP contribution in [0.25, 0.3) is 0 Å². The minimum Gasteiger partial charge on any atom is -0.496 e. The van der Waals surface area contributed by atoms with Crippen molar-refractivity contribution in [3.8, 4) is 11.8 Å². The predicted molar refractivity (Wildman–Crippen MR) is 85.1 cm³/mol. The van der Waals surface area contributed by atoms with Gasteiger partial charge in [0.15, 0.2) is 15.6 Å². The van der Waals surface area contributed by atoms with E-state index in [-0.39, 0.29) is 11.7 Å². The molecule has 0 aliphatic carbocycles. The van der Waals surface area contributed by atoms with E-state index in [0.717, 1.165) is 6.42 Å². The van der Waals surface area contributed by atoms with Gasteiger partial charge in [0.25, 0.3) is 0 Å². The fraction of sp³-hybridized carbons (Fsp3) is 0.529. The van der Waals surface area contributed by atoms with Crippen molar-refractivity contribution in [1.29, 1.82) is 5.26 Å². The van der Waals surface area contributed by atoms with Crippen LogP contribution in [-0.4, -0.2) is 31.8 Å². The van der Waals surface area contributed by atoms with Crippen LogP contribution in [-0.2, 0) is 9.84 Å². The van der Waals surface area contributed by atoms with Gasteiger partial charge in [0.2, 0.25) is 0 Å². The molecule has 2 bridgehead atoms. The van der Waals surface area contributed by atoms with Crippen LogP contribution in [0.15, 0.2) is 18.2 Å². The Labute approximate surface area is 136 Å². The number of nitriles is 1. The van der Waals surface area contributed by atoms with Crippen molar-refractivity contribution in [3.63, 3.8) is 0 Å². The summed E-state index contributed by atoms with van der Waals surface area (Å²) in [7, 11) is -1.59. The first-order valence-electron chi connectivity index (χ1n) is 7.82. The molecule has 1 aromatic carbocycles. The predicted octanol–water partition coefficient (Wildman–Crippen LogP) is 2.50. The lowest BCUT2D eigenvalue weighted by atomic mass is 9.84. The van der Waals surface area contributed by atoms with E-state index in [2.05, 4.69) is 0 Å². The average molecular weight is 333 g/mol. The van der Waals surface area contributed by atoms with E-state index in [1.165, 1.54) is 7.11 Å². The SMILES string of the molecule is COc1ccc(C#N)cc1C(=O)C1CC2CCCC(C1)S2(=O)=O. The van der Waals surface area contributed by atoms with Crippen LogP contribution < -0.4 is 4.74 Å². The zero-order valence-corrected chi connectivity index (χ0v) is 13.8. The highest BCUT2D eigenvalue weighted by molar-refractivity contribution is 7.92. The summed E-state index contributed by atoms with van der Waals surface area (Å²) >= 11 is 0. The maximum Gasteiger partial charge on any atom is 0.169 e. The highest BCUT2D eigenvalue weighted by atomic mass is 32.2. The molecule has 122 valence electrons. The Balaban J connectivity index is 1.92. The summed E-state index contributed by atoms with van der Waals surface area (Å²) in [5, 5.41) is 8.25. The summed E-state index contributed by atoms with van der Waals surface area (Å²) in [5.74, 6) is 0.0232. The first kappa shape index (κ1) is 16.0. The molecule has 3 rings (SSSR count). The van der Waals surface area contributed by atoms with Crippen LogP contribution in [0.1, 0.15) is 48.0 Å². The number of rotatable bonds is 3. The van der Waals surface area contributed by atoms with Gasteiger partial charge in [-0.3, -0.25) is 4.79 Å². The Bertz CT molecular complexity index is 758. The van der Waals surface area contributed by atoms with E-state index < -0.39 is 20.3 Å². The van der Waals surface area contributed by atoms with Gasteiger partial charge in [0.05, 0.1) is 34.8 Å². The van der Waals surface area contributed by atoms with Crippen LogP contribution in [0.5, 0.6) is 5.75 Å². The number of carbonyl (C=O) groups is 1. The smallest absolute Gasteiger partial charge is 0.169 e. The lowest BCUT2D eigenvalue weighted by Gasteiger charge is -2.38. The third-order valence-electron chi connectivity index (χ3n) is 5.04. The summed E-state index contributed by atoms with van der Waals surface area (Å²) in [5.41, 5.74) is 0.784. The first-order valence-corrected chi connectivity index (χ1v) is 9.43. The number of fused-ring (bicyclic) bond motifs is 2. The molecule has 2 aliphatic rings. The van der Waals surface area contributed by atoms with Crippen LogP contribution >= 0.6 is 0 Å². The number of methoxy groups -OCH3 is 1. The minimum absolute atomic E-state index is 0.106. The van der Waals surface area contributed by atoms with Gasteiger partial charge in [0, 0.05) is 5.92 Å². The highest BCUT2D eigenvalue weighted by Gasteiger charge is 2.46. The number of Topliss-reactive ketones (excluding diaryl/α,β-unsaturated/α-hetero) is 1. The monoisotopic (exact) mass is 333 g/mol. The van der Waals surface area contributed by atoms with Crippen molar-refractivity contribution in [1.82, 2.24) is 0 Å². The number of hydrogen-bond donors (Lipinski definition) is 0.